The fourth-order valence-corrected chi connectivity index (χ4v) is 1.66. The first-order valence-electron chi connectivity index (χ1n) is 5.06. The first-order valence-corrected chi connectivity index (χ1v) is 5.06. The van der Waals surface area contributed by atoms with Gasteiger partial charge in [-0.15, -0.1) is 12.4 Å². The van der Waals surface area contributed by atoms with Gasteiger partial charge in [0.25, 0.3) is 0 Å². The van der Waals surface area contributed by atoms with Gasteiger partial charge in [-0.25, -0.2) is 4.98 Å². The van der Waals surface area contributed by atoms with Crippen LogP contribution in [0.1, 0.15) is 5.56 Å². The van der Waals surface area contributed by atoms with Gasteiger partial charge in [-0.05, 0) is 12.1 Å². The van der Waals surface area contributed by atoms with E-state index in [0.29, 0.717) is 18.9 Å². The van der Waals surface area contributed by atoms with Crippen LogP contribution in [0.2, 0.25) is 0 Å². The van der Waals surface area contributed by atoms with E-state index in [2.05, 4.69) is 10.3 Å². The van der Waals surface area contributed by atoms with Gasteiger partial charge in [-0.2, -0.15) is 13.2 Å². The van der Waals surface area contributed by atoms with Crippen molar-refractivity contribution in [1.29, 1.82) is 0 Å². The number of hydrogen-bond acceptors (Lipinski definition) is 3. The van der Waals surface area contributed by atoms with Crippen LogP contribution in [0.15, 0.2) is 18.3 Å². The normalized spacial score (nSPS) is 16.5. The Kier molecular flexibility index (Phi) is 4.59. The van der Waals surface area contributed by atoms with E-state index < -0.39 is 11.7 Å². The van der Waals surface area contributed by atoms with Crippen LogP contribution in [0.4, 0.5) is 19.0 Å². The van der Waals surface area contributed by atoms with Gasteiger partial charge in [0.05, 0.1) is 5.56 Å². The summed E-state index contributed by atoms with van der Waals surface area (Å²) in [6, 6.07) is 2.09. The maximum absolute atomic E-state index is 12.5. The quantitative estimate of drug-likeness (QED) is 0.843. The van der Waals surface area contributed by atoms with Gasteiger partial charge in [0, 0.05) is 32.4 Å². The third-order valence-corrected chi connectivity index (χ3v) is 2.51. The molecule has 1 aliphatic rings. The zero-order valence-electron chi connectivity index (χ0n) is 9.00. The highest BCUT2D eigenvalue weighted by atomic mass is 35.5. The Labute approximate surface area is 103 Å². The molecule has 0 aromatic carbocycles. The Morgan fingerprint density at radius 3 is 2.47 bits per heavy atom. The van der Waals surface area contributed by atoms with Gasteiger partial charge in [-0.1, -0.05) is 0 Å². The molecule has 2 rings (SSSR count). The highest BCUT2D eigenvalue weighted by Crippen LogP contribution is 2.30. The number of aromatic nitrogens is 1. The Hall–Kier alpha value is -1.01. The summed E-state index contributed by atoms with van der Waals surface area (Å²) >= 11 is 0. The average Bonchev–Trinajstić information content (AvgIpc) is 2.29. The molecule has 3 nitrogen and oxygen atoms in total. The van der Waals surface area contributed by atoms with E-state index in [1.54, 1.807) is 0 Å². The Morgan fingerprint density at radius 2 is 1.88 bits per heavy atom. The van der Waals surface area contributed by atoms with Crippen molar-refractivity contribution in [3.63, 3.8) is 0 Å². The molecule has 96 valence electrons. The molecule has 0 radical (unpaired) electrons. The highest BCUT2D eigenvalue weighted by Gasteiger charge is 2.31. The fourth-order valence-electron chi connectivity index (χ4n) is 1.66. The minimum Gasteiger partial charge on any atom is -0.354 e. The lowest BCUT2D eigenvalue weighted by molar-refractivity contribution is -0.137. The number of pyridine rings is 1. The summed E-state index contributed by atoms with van der Waals surface area (Å²) in [7, 11) is 0. The number of hydrogen-bond donors (Lipinski definition) is 1. The molecule has 1 aromatic rings. The van der Waals surface area contributed by atoms with E-state index >= 15 is 0 Å². The van der Waals surface area contributed by atoms with E-state index in [9.17, 15) is 13.2 Å². The van der Waals surface area contributed by atoms with Gasteiger partial charge in [0.15, 0.2) is 0 Å². The number of alkyl halides is 3. The molecule has 0 atom stereocenters. The van der Waals surface area contributed by atoms with Crippen LogP contribution in [0.5, 0.6) is 0 Å². The molecule has 0 spiro atoms. The summed E-state index contributed by atoms with van der Waals surface area (Å²) in [5, 5.41) is 3.14. The largest absolute Gasteiger partial charge is 0.416 e. The second kappa shape index (κ2) is 5.55. The van der Waals surface area contributed by atoms with Crippen LogP contribution >= 0.6 is 12.4 Å². The lowest BCUT2D eigenvalue weighted by atomic mass is 10.2. The van der Waals surface area contributed by atoms with Crippen molar-refractivity contribution in [1.82, 2.24) is 10.3 Å². The molecule has 2 heterocycles. The van der Waals surface area contributed by atoms with Crippen LogP contribution in [-0.4, -0.2) is 31.2 Å². The van der Waals surface area contributed by atoms with Crippen molar-refractivity contribution in [3.8, 4) is 0 Å². The molecule has 1 fully saturated rings. The SMILES string of the molecule is Cl.FC(F)(F)c1ccnc(N2CCNCC2)c1. The molecular weight excluding hydrogens is 255 g/mol. The molecule has 0 amide bonds. The second-order valence-corrected chi connectivity index (χ2v) is 3.64. The first kappa shape index (κ1) is 14.1. The summed E-state index contributed by atoms with van der Waals surface area (Å²) < 4.78 is 37.4. The molecule has 0 saturated carbocycles. The van der Waals surface area contributed by atoms with Gasteiger partial charge in [0.1, 0.15) is 5.82 Å². The van der Waals surface area contributed by atoms with Crippen LogP contribution < -0.4 is 10.2 Å². The van der Waals surface area contributed by atoms with Gasteiger partial charge >= 0.3 is 6.18 Å². The Balaban J connectivity index is 0.00000144. The zero-order valence-corrected chi connectivity index (χ0v) is 9.81. The van der Waals surface area contributed by atoms with Crippen LogP contribution in [-0.2, 0) is 6.18 Å². The van der Waals surface area contributed by atoms with Crippen molar-refractivity contribution in [2.45, 2.75) is 6.18 Å². The lowest BCUT2D eigenvalue weighted by Gasteiger charge is -2.28. The number of piperazine rings is 1. The first-order chi connectivity index (χ1) is 7.57. The topological polar surface area (TPSA) is 28.2 Å². The Bertz CT molecular complexity index is 364. The highest BCUT2D eigenvalue weighted by molar-refractivity contribution is 5.85. The zero-order chi connectivity index (χ0) is 11.6. The predicted molar refractivity (Wildman–Crippen MR) is 61.6 cm³/mol. The van der Waals surface area contributed by atoms with E-state index in [0.717, 1.165) is 25.2 Å². The monoisotopic (exact) mass is 267 g/mol. The van der Waals surface area contributed by atoms with Crippen LogP contribution in [0, 0.1) is 0 Å². The summed E-state index contributed by atoms with van der Waals surface area (Å²) in [6.07, 6.45) is -3.09. The molecule has 1 N–H and O–H groups in total. The molecule has 1 aliphatic heterocycles. The van der Waals surface area contributed by atoms with Gasteiger partial charge in [-0.3, -0.25) is 0 Å². The minimum atomic E-state index is -4.30. The molecule has 0 aliphatic carbocycles. The summed E-state index contributed by atoms with van der Waals surface area (Å²) in [5.41, 5.74) is -0.643. The van der Waals surface area contributed by atoms with Gasteiger partial charge in [0.2, 0.25) is 0 Å². The van der Waals surface area contributed by atoms with Crippen LogP contribution in [0.3, 0.4) is 0 Å². The molecule has 1 saturated heterocycles. The number of nitrogens with one attached hydrogen (secondary N) is 1. The smallest absolute Gasteiger partial charge is 0.354 e. The van der Waals surface area contributed by atoms with E-state index in [4.69, 9.17) is 0 Å². The van der Waals surface area contributed by atoms with E-state index in [1.165, 1.54) is 6.20 Å². The molecule has 17 heavy (non-hydrogen) atoms. The third-order valence-electron chi connectivity index (χ3n) is 2.51. The predicted octanol–water partition coefficient (Wildman–Crippen LogP) is 1.93. The van der Waals surface area contributed by atoms with Crippen molar-refractivity contribution in [3.05, 3.63) is 23.9 Å². The maximum atomic E-state index is 12.5. The molecule has 7 heteroatoms. The van der Waals surface area contributed by atoms with Gasteiger partial charge < -0.3 is 10.2 Å². The maximum Gasteiger partial charge on any atom is 0.416 e. The van der Waals surface area contributed by atoms with Crippen molar-refractivity contribution < 1.29 is 13.2 Å². The summed E-state index contributed by atoms with van der Waals surface area (Å²) in [4.78, 5) is 5.83. The standard InChI is InChI=1S/C10H12F3N3.ClH/c11-10(12,13)8-1-2-15-9(7-8)16-5-3-14-4-6-16;/h1-2,7,14H,3-6H2;1H. The van der Waals surface area contributed by atoms with Crippen molar-refractivity contribution in [2.75, 3.05) is 31.1 Å². The van der Waals surface area contributed by atoms with E-state index in [1.807, 2.05) is 4.90 Å². The molecule has 0 unspecified atom stereocenters. The third kappa shape index (κ3) is 3.47. The average molecular weight is 268 g/mol. The number of nitrogens with zero attached hydrogens (tertiary/aromatic N) is 2. The molecular formula is C10H13ClF3N3. The number of halogens is 4. The van der Waals surface area contributed by atoms with Crippen LogP contribution in [0.25, 0.3) is 0 Å². The minimum absolute atomic E-state index is 0. The van der Waals surface area contributed by atoms with Crippen molar-refractivity contribution in [2.24, 2.45) is 0 Å². The Morgan fingerprint density at radius 1 is 1.24 bits per heavy atom. The summed E-state index contributed by atoms with van der Waals surface area (Å²) in [5.74, 6) is 0.399. The fraction of sp³-hybridized carbons (Fsp3) is 0.500. The molecule has 1 aromatic heterocycles. The lowest BCUT2D eigenvalue weighted by Crippen LogP contribution is -2.43. The summed E-state index contributed by atoms with van der Waals surface area (Å²) in [6.45, 7) is 2.93. The number of anilines is 1. The second-order valence-electron chi connectivity index (χ2n) is 3.64. The number of rotatable bonds is 1. The molecule has 0 bridgehead atoms. The van der Waals surface area contributed by atoms with Crippen molar-refractivity contribution >= 4 is 18.2 Å². The van der Waals surface area contributed by atoms with E-state index in [-0.39, 0.29) is 12.4 Å².